The maximum absolute atomic E-state index is 10.8. The molecule has 3 nitrogen and oxygen atoms in total. The zero-order valence-corrected chi connectivity index (χ0v) is 5.72. The molecule has 0 unspecified atom stereocenters. The van der Waals surface area contributed by atoms with Crippen LogP contribution in [0.3, 0.4) is 0 Å². The number of carbonyl (C=O) groups is 1. The molecule has 50 valence electrons. The first-order valence-corrected chi connectivity index (χ1v) is 3.05. The maximum Gasteiger partial charge on any atom is 0.249 e. The van der Waals surface area contributed by atoms with Gasteiger partial charge in [-0.3, -0.25) is 9.79 Å². The molecule has 0 aliphatic carbocycles. The average Bonchev–Trinajstić information content (AvgIpc) is 2.15. The predicted molar refractivity (Wildman–Crippen MR) is 35.4 cm³/mol. The summed E-state index contributed by atoms with van der Waals surface area (Å²) in [6.45, 7) is 2.34. The zero-order chi connectivity index (χ0) is 6.85. The molecular formula is C6H10N2O. The van der Waals surface area contributed by atoms with Gasteiger partial charge in [-0.15, -0.1) is 0 Å². The highest BCUT2D eigenvalue weighted by molar-refractivity contribution is 6.03. The van der Waals surface area contributed by atoms with Crippen LogP contribution in [0.1, 0.15) is 13.3 Å². The van der Waals surface area contributed by atoms with Crippen LogP contribution < -0.4 is 0 Å². The van der Waals surface area contributed by atoms with Crippen LogP contribution in [-0.4, -0.2) is 30.2 Å². The summed E-state index contributed by atoms with van der Waals surface area (Å²) in [4.78, 5) is 16.4. The van der Waals surface area contributed by atoms with E-state index in [2.05, 4.69) is 4.99 Å². The van der Waals surface area contributed by atoms with Crippen LogP contribution in [0.25, 0.3) is 0 Å². The molecule has 1 rings (SSSR count). The second-order valence-electron chi connectivity index (χ2n) is 2.04. The van der Waals surface area contributed by atoms with E-state index in [1.165, 1.54) is 0 Å². The van der Waals surface area contributed by atoms with Gasteiger partial charge in [0.2, 0.25) is 5.91 Å². The Morgan fingerprint density at radius 2 is 2.44 bits per heavy atom. The van der Waals surface area contributed by atoms with Gasteiger partial charge < -0.3 is 4.90 Å². The van der Waals surface area contributed by atoms with Crippen molar-refractivity contribution in [3.63, 3.8) is 0 Å². The normalized spacial score (nSPS) is 18.7. The summed E-state index contributed by atoms with van der Waals surface area (Å²) in [5, 5.41) is 0. The minimum Gasteiger partial charge on any atom is -0.302 e. The standard InChI is InChI=1S/C6H10N2O/c1-3-5-7-4-6(9)8(5)2/h3-4H2,1-2H3. The van der Waals surface area contributed by atoms with E-state index in [-0.39, 0.29) is 5.91 Å². The zero-order valence-electron chi connectivity index (χ0n) is 5.72. The molecule has 1 heterocycles. The third kappa shape index (κ3) is 0.943. The van der Waals surface area contributed by atoms with Crippen molar-refractivity contribution in [3.05, 3.63) is 0 Å². The molecule has 0 atom stereocenters. The van der Waals surface area contributed by atoms with Gasteiger partial charge in [0.15, 0.2) is 0 Å². The van der Waals surface area contributed by atoms with Crippen LogP contribution >= 0.6 is 0 Å². The minimum atomic E-state index is 0.104. The maximum atomic E-state index is 10.8. The summed E-state index contributed by atoms with van der Waals surface area (Å²) >= 11 is 0. The van der Waals surface area contributed by atoms with E-state index in [0.717, 1.165) is 12.3 Å². The van der Waals surface area contributed by atoms with Crippen molar-refractivity contribution in [2.24, 2.45) is 4.99 Å². The highest BCUT2D eigenvalue weighted by atomic mass is 16.2. The van der Waals surface area contributed by atoms with Crippen molar-refractivity contribution in [2.75, 3.05) is 13.6 Å². The van der Waals surface area contributed by atoms with E-state index in [4.69, 9.17) is 0 Å². The van der Waals surface area contributed by atoms with Gasteiger partial charge >= 0.3 is 0 Å². The topological polar surface area (TPSA) is 32.7 Å². The van der Waals surface area contributed by atoms with E-state index in [9.17, 15) is 4.79 Å². The molecule has 9 heavy (non-hydrogen) atoms. The van der Waals surface area contributed by atoms with E-state index < -0.39 is 0 Å². The number of hydrogen-bond donors (Lipinski definition) is 0. The van der Waals surface area contributed by atoms with Gasteiger partial charge in [-0.25, -0.2) is 0 Å². The summed E-state index contributed by atoms with van der Waals surface area (Å²) in [6.07, 6.45) is 0.849. The smallest absolute Gasteiger partial charge is 0.249 e. The highest BCUT2D eigenvalue weighted by Crippen LogP contribution is 2.01. The van der Waals surface area contributed by atoms with Gasteiger partial charge in [-0.2, -0.15) is 0 Å². The summed E-state index contributed by atoms with van der Waals surface area (Å²) < 4.78 is 0. The van der Waals surface area contributed by atoms with Crippen molar-refractivity contribution >= 4 is 11.7 Å². The second kappa shape index (κ2) is 2.17. The number of aliphatic imine (C=N–C) groups is 1. The van der Waals surface area contributed by atoms with Crippen LogP contribution in [0.2, 0.25) is 0 Å². The molecule has 0 fully saturated rings. The number of rotatable bonds is 1. The molecule has 1 aliphatic heterocycles. The second-order valence-corrected chi connectivity index (χ2v) is 2.04. The first-order chi connectivity index (χ1) is 4.25. The number of likely N-dealkylation sites (N-methyl/N-ethyl adjacent to an activating group) is 1. The molecule has 0 N–H and O–H groups in total. The van der Waals surface area contributed by atoms with E-state index >= 15 is 0 Å². The number of carbonyl (C=O) groups excluding carboxylic acids is 1. The van der Waals surface area contributed by atoms with Crippen molar-refractivity contribution in [3.8, 4) is 0 Å². The molecule has 0 aromatic heterocycles. The Morgan fingerprint density at radius 3 is 2.67 bits per heavy atom. The van der Waals surface area contributed by atoms with Crippen LogP contribution in [0.5, 0.6) is 0 Å². The van der Waals surface area contributed by atoms with E-state index in [1.807, 2.05) is 6.92 Å². The van der Waals surface area contributed by atoms with Crippen molar-refractivity contribution in [1.82, 2.24) is 4.90 Å². The monoisotopic (exact) mass is 126 g/mol. The Balaban J connectivity index is 2.66. The molecule has 0 aromatic carbocycles. The van der Waals surface area contributed by atoms with E-state index in [0.29, 0.717) is 6.54 Å². The van der Waals surface area contributed by atoms with Gasteiger partial charge in [0, 0.05) is 13.5 Å². The van der Waals surface area contributed by atoms with Crippen molar-refractivity contribution < 1.29 is 4.79 Å². The number of amidine groups is 1. The lowest BCUT2D eigenvalue weighted by Gasteiger charge is -2.08. The van der Waals surface area contributed by atoms with Crippen molar-refractivity contribution in [2.45, 2.75) is 13.3 Å². The largest absolute Gasteiger partial charge is 0.302 e. The fourth-order valence-corrected chi connectivity index (χ4v) is 0.864. The SMILES string of the molecule is CCC1=NCC(=O)N1C. The number of nitrogens with zero attached hydrogens (tertiary/aromatic N) is 2. The molecule has 1 amide bonds. The van der Waals surface area contributed by atoms with Crippen LogP contribution in [0.15, 0.2) is 4.99 Å². The first-order valence-electron chi connectivity index (χ1n) is 3.05. The van der Waals surface area contributed by atoms with Crippen LogP contribution in [0.4, 0.5) is 0 Å². The summed E-state index contributed by atoms with van der Waals surface area (Å²) in [5.41, 5.74) is 0. The Morgan fingerprint density at radius 1 is 1.78 bits per heavy atom. The summed E-state index contributed by atoms with van der Waals surface area (Å²) in [5.74, 6) is 1.01. The number of hydrogen-bond acceptors (Lipinski definition) is 2. The Hall–Kier alpha value is -0.860. The quantitative estimate of drug-likeness (QED) is 0.496. The van der Waals surface area contributed by atoms with Crippen molar-refractivity contribution in [1.29, 1.82) is 0 Å². The molecule has 0 saturated heterocycles. The molecule has 0 bridgehead atoms. The Bertz CT molecular complexity index is 162. The molecule has 0 radical (unpaired) electrons. The highest BCUT2D eigenvalue weighted by Gasteiger charge is 2.18. The van der Waals surface area contributed by atoms with Gasteiger partial charge in [-0.1, -0.05) is 6.92 Å². The van der Waals surface area contributed by atoms with Gasteiger partial charge in [-0.05, 0) is 0 Å². The van der Waals surface area contributed by atoms with Crippen LogP contribution in [0, 0.1) is 0 Å². The fourth-order valence-electron chi connectivity index (χ4n) is 0.864. The predicted octanol–water partition coefficient (Wildman–Crippen LogP) is 0.267. The average molecular weight is 126 g/mol. The molecule has 0 saturated carbocycles. The Kier molecular flexibility index (Phi) is 1.51. The molecule has 0 aromatic rings. The molecule has 1 aliphatic rings. The fraction of sp³-hybridized carbons (Fsp3) is 0.667. The van der Waals surface area contributed by atoms with Gasteiger partial charge in [0.1, 0.15) is 12.4 Å². The van der Waals surface area contributed by atoms with Gasteiger partial charge in [0.25, 0.3) is 0 Å². The lowest BCUT2D eigenvalue weighted by atomic mass is 10.4. The summed E-state index contributed by atoms with van der Waals surface area (Å²) in [6, 6.07) is 0. The lowest BCUT2D eigenvalue weighted by molar-refractivity contribution is -0.123. The minimum absolute atomic E-state index is 0.104. The van der Waals surface area contributed by atoms with Gasteiger partial charge in [0.05, 0.1) is 0 Å². The first kappa shape index (κ1) is 6.26. The number of amides is 1. The molecule has 3 heteroatoms. The summed E-state index contributed by atoms with van der Waals surface area (Å²) in [7, 11) is 1.76. The molecular weight excluding hydrogens is 116 g/mol. The Labute approximate surface area is 54.4 Å². The third-order valence-electron chi connectivity index (χ3n) is 1.47. The lowest BCUT2D eigenvalue weighted by Crippen LogP contribution is -2.27. The van der Waals surface area contributed by atoms with Crippen LogP contribution in [-0.2, 0) is 4.79 Å². The molecule has 0 spiro atoms. The third-order valence-corrected chi connectivity index (χ3v) is 1.47. The van der Waals surface area contributed by atoms with E-state index in [1.54, 1.807) is 11.9 Å².